The average Bonchev–Trinajstić information content (AvgIpc) is 1.98. The monoisotopic (exact) mass is 162 g/mol. The van der Waals surface area contributed by atoms with Crippen LogP contribution in [0.25, 0.3) is 0 Å². The smallest absolute Gasteiger partial charge is 0.236 e. The van der Waals surface area contributed by atoms with Gasteiger partial charge in [0, 0.05) is 19.3 Å². The maximum absolute atomic E-state index is 10.8. The number of amides is 1. The van der Waals surface area contributed by atoms with Gasteiger partial charge in [0.15, 0.2) is 0 Å². The third-order valence-electron chi connectivity index (χ3n) is 1.23. The maximum atomic E-state index is 10.8. The van der Waals surface area contributed by atoms with E-state index in [0.29, 0.717) is 0 Å². The van der Waals surface area contributed by atoms with Gasteiger partial charge in [0.05, 0.1) is 6.54 Å². The van der Waals surface area contributed by atoms with Crippen molar-refractivity contribution in [2.75, 3.05) is 32.1 Å². The number of nitrogens with two attached hydrogens (primary N) is 1. The number of carbonyl (C=O) groups is 1. The fraction of sp³-hybridized carbons (Fsp3) is 0.833. The number of hydrogen-bond acceptors (Lipinski definition) is 3. The van der Waals surface area contributed by atoms with Gasteiger partial charge < -0.3 is 10.6 Å². The average molecular weight is 162 g/mol. The van der Waals surface area contributed by atoms with Gasteiger partial charge in [0.1, 0.15) is 0 Å². The van der Waals surface area contributed by atoms with E-state index >= 15 is 0 Å². The van der Waals surface area contributed by atoms with Gasteiger partial charge in [-0.15, -0.1) is 0 Å². The summed E-state index contributed by atoms with van der Waals surface area (Å²) in [7, 11) is 1.77. The zero-order chi connectivity index (χ0) is 7.98. The van der Waals surface area contributed by atoms with E-state index in [0.717, 1.165) is 12.3 Å². The molecule has 0 heterocycles. The highest BCUT2D eigenvalue weighted by Gasteiger charge is 2.03. The van der Waals surface area contributed by atoms with Gasteiger partial charge in [0.25, 0.3) is 0 Å². The molecule has 4 heteroatoms. The van der Waals surface area contributed by atoms with Gasteiger partial charge in [-0.2, -0.15) is 11.8 Å². The summed E-state index contributed by atoms with van der Waals surface area (Å²) in [6.07, 6.45) is 2.01. The standard InChI is InChI=1S/C6H14N2OS/c1-8(3-4-10-2)6(9)5-7/h3-5,7H2,1-2H3. The minimum atomic E-state index is 0.00838. The van der Waals surface area contributed by atoms with E-state index in [4.69, 9.17) is 5.73 Å². The molecule has 0 aromatic carbocycles. The van der Waals surface area contributed by atoms with E-state index < -0.39 is 0 Å². The van der Waals surface area contributed by atoms with E-state index in [1.807, 2.05) is 6.26 Å². The van der Waals surface area contributed by atoms with E-state index in [9.17, 15) is 4.79 Å². The Morgan fingerprint density at radius 1 is 1.70 bits per heavy atom. The molecule has 0 bridgehead atoms. The zero-order valence-electron chi connectivity index (χ0n) is 6.46. The molecule has 3 nitrogen and oxygen atoms in total. The van der Waals surface area contributed by atoms with Crippen LogP contribution in [0, 0.1) is 0 Å². The Bertz CT molecular complexity index is 108. The lowest BCUT2D eigenvalue weighted by molar-refractivity contribution is -0.128. The van der Waals surface area contributed by atoms with Crippen molar-refractivity contribution in [1.82, 2.24) is 4.90 Å². The van der Waals surface area contributed by atoms with Crippen LogP contribution < -0.4 is 5.73 Å². The first kappa shape index (κ1) is 9.78. The van der Waals surface area contributed by atoms with Gasteiger partial charge in [0.2, 0.25) is 5.91 Å². The molecular weight excluding hydrogens is 148 g/mol. The Morgan fingerprint density at radius 2 is 2.30 bits per heavy atom. The molecule has 0 atom stereocenters. The van der Waals surface area contributed by atoms with Gasteiger partial charge in [-0.3, -0.25) is 4.79 Å². The van der Waals surface area contributed by atoms with Crippen LogP contribution in [0.1, 0.15) is 0 Å². The molecular formula is C6H14N2OS. The Morgan fingerprint density at radius 3 is 2.70 bits per heavy atom. The lowest BCUT2D eigenvalue weighted by Gasteiger charge is -2.14. The summed E-state index contributed by atoms with van der Waals surface area (Å²) in [6, 6.07) is 0. The molecule has 0 unspecified atom stereocenters. The second-order valence-corrected chi connectivity index (χ2v) is 3.00. The fourth-order valence-corrected chi connectivity index (χ4v) is 0.965. The van der Waals surface area contributed by atoms with Gasteiger partial charge in [-0.1, -0.05) is 0 Å². The third kappa shape index (κ3) is 3.74. The largest absolute Gasteiger partial charge is 0.344 e. The van der Waals surface area contributed by atoms with Crippen LogP contribution in [0.5, 0.6) is 0 Å². The SMILES string of the molecule is CSCCN(C)C(=O)CN. The number of hydrogen-bond donors (Lipinski definition) is 1. The second kappa shape index (κ2) is 5.56. The number of thioether (sulfide) groups is 1. The van der Waals surface area contributed by atoms with Crippen LogP contribution in [0.15, 0.2) is 0 Å². The molecule has 0 aliphatic carbocycles. The van der Waals surface area contributed by atoms with Gasteiger partial charge >= 0.3 is 0 Å². The van der Waals surface area contributed by atoms with Crippen molar-refractivity contribution in [3.8, 4) is 0 Å². The van der Waals surface area contributed by atoms with Crippen molar-refractivity contribution in [2.24, 2.45) is 5.73 Å². The van der Waals surface area contributed by atoms with Gasteiger partial charge in [-0.25, -0.2) is 0 Å². The first-order valence-corrected chi connectivity index (χ1v) is 4.54. The molecule has 10 heavy (non-hydrogen) atoms. The van der Waals surface area contributed by atoms with Crippen molar-refractivity contribution in [3.63, 3.8) is 0 Å². The minimum absolute atomic E-state index is 0.00838. The van der Waals surface area contributed by atoms with Crippen molar-refractivity contribution >= 4 is 17.7 Å². The molecule has 0 radical (unpaired) electrons. The predicted molar refractivity (Wildman–Crippen MR) is 45.1 cm³/mol. The molecule has 0 aliphatic heterocycles. The summed E-state index contributed by atoms with van der Waals surface area (Å²) in [4.78, 5) is 12.5. The van der Waals surface area contributed by atoms with Crippen LogP contribution in [-0.4, -0.2) is 43.0 Å². The molecule has 0 aromatic rings. The Labute approximate surface area is 65.9 Å². The Kier molecular flexibility index (Phi) is 5.43. The Hall–Kier alpha value is -0.220. The third-order valence-corrected chi connectivity index (χ3v) is 1.82. The van der Waals surface area contributed by atoms with Crippen molar-refractivity contribution in [2.45, 2.75) is 0 Å². The summed E-state index contributed by atoms with van der Waals surface area (Å²) < 4.78 is 0. The lowest BCUT2D eigenvalue weighted by Crippen LogP contribution is -2.34. The number of rotatable bonds is 4. The molecule has 0 spiro atoms. The highest BCUT2D eigenvalue weighted by Crippen LogP contribution is 1.92. The van der Waals surface area contributed by atoms with Crippen LogP contribution in [-0.2, 0) is 4.79 Å². The first-order valence-electron chi connectivity index (χ1n) is 3.15. The Balaban J connectivity index is 3.41. The topological polar surface area (TPSA) is 46.3 Å². The molecule has 2 N–H and O–H groups in total. The summed E-state index contributed by atoms with van der Waals surface area (Å²) >= 11 is 1.72. The maximum Gasteiger partial charge on any atom is 0.236 e. The van der Waals surface area contributed by atoms with Crippen LogP contribution >= 0.6 is 11.8 Å². The predicted octanol–water partition coefficient (Wildman–Crippen LogP) is -0.233. The highest BCUT2D eigenvalue weighted by atomic mass is 32.2. The second-order valence-electron chi connectivity index (χ2n) is 2.01. The highest BCUT2D eigenvalue weighted by molar-refractivity contribution is 7.98. The van der Waals surface area contributed by atoms with Crippen LogP contribution in [0.3, 0.4) is 0 Å². The molecule has 1 amide bonds. The van der Waals surface area contributed by atoms with E-state index in [1.54, 1.807) is 23.7 Å². The van der Waals surface area contributed by atoms with Crippen molar-refractivity contribution in [1.29, 1.82) is 0 Å². The van der Waals surface area contributed by atoms with Gasteiger partial charge in [-0.05, 0) is 6.26 Å². The number of likely N-dealkylation sites (N-methyl/N-ethyl adjacent to an activating group) is 1. The molecule has 0 rings (SSSR count). The molecule has 0 fully saturated rings. The summed E-state index contributed by atoms with van der Waals surface area (Å²) in [5.74, 6) is 0.983. The normalized spacial score (nSPS) is 9.50. The van der Waals surface area contributed by atoms with Crippen molar-refractivity contribution in [3.05, 3.63) is 0 Å². The molecule has 0 aromatic heterocycles. The molecule has 0 aliphatic rings. The quantitative estimate of drug-likeness (QED) is 0.621. The summed E-state index contributed by atoms with van der Waals surface area (Å²) in [5, 5.41) is 0. The molecule has 60 valence electrons. The lowest BCUT2D eigenvalue weighted by atomic mass is 10.5. The van der Waals surface area contributed by atoms with E-state index in [2.05, 4.69) is 0 Å². The fourth-order valence-electron chi connectivity index (χ4n) is 0.509. The summed E-state index contributed by atoms with van der Waals surface area (Å²) in [6.45, 7) is 0.905. The van der Waals surface area contributed by atoms with Crippen LogP contribution in [0.4, 0.5) is 0 Å². The number of nitrogens with zero attached hydrogens (tertiary/aromatic N) is 1. The van der Waals surface area contributed by atoms with Crippen LogP contribution in [0.2, 0.25) is 0 Å². The number of carbonyl (C=O) groups excluding carboxylic acids is 1. The summed E-state index contributed by atoms with van der Waals surface area (Å²) in [5.41, 5.74) is 5.15. The zero-order valence-corrected chi connectivity index (χ0v) is 7.28. The first-order chi connectivity index (χ1) is 4.72. The molecule has 0 saturated carbocycles. The van der Waals surface area contributed by atoms with E-state index in [1.165, 1.54) is 0 Å². The van der Waals surface area contributed by atoms with E-state index in [-0.39, 0.29) is 12.5 Å². The molecule has 0 saturated heterocycles. The van der Waals surface area contributed by atoms with Crippen molar-refractivity contribution < 1.29 is 4.79 Å². The minimum Gasteiger partial charge on any atom is -0.344 e.